The second kappa shape index (κ2) is 6.57. The lowest BCUT2D eigenvalue weighted by molar-refractivity contribution is -0.139. The van der Waals surface area contributed by atoms with Crippen LogP contribution < -0.4 is 5.73 Å². The Morgan fingerprint density at radius 2 is 2.00 bits per heavy atom. The first-order valence-corrected chi connectivity index (χ1v) is 3.59. The molecule has 12 heavy (non-hydrogen) atoms. The molecule has 0 unspecified atom stereocenters. The molecule has 0 aromatic rings. The maximum atomic E-state index is 9.65. The van der Waals surface area contributed by atoms with Gasteiger partial charge in [0.2, 0.25) is 0 Å². The molecule has 1 aliphatic carbocycles. The van der Waals surface area contributed by atoms with Gasteiger partial charge in [0.1, 0.15) is 6.04 Å². The molecule has 4 N–H and O–H groups in total. The van der Waals surface area contributed by atoms with Crippen LogP contribution in [0.25, 0.3) is 0 Å². The Kier molecular flexibility index (Phi) is 5.95. The first-order valence-electron chi connectivity index (χ1n) is 3.59. The van der Waals surface area contributed by atoms with Crippen molar-refractivity contribution in [2.75, 3.05) is 6.61 Å². The number of carboxylic acid groups (broad SMARTS) is 1. The minimum Gasteiger partial charge on any atom is -0.480 e. The first-order chi connectivity index (χ1) is 5.68. The van der Waals surface area contributed by atoms with Crippen LogP contribution in [0.15, 0.2) is 24.3 Å². The van der Waals surface area contributed by atoms with Crippen LogP contribution in [0.1, 0.15) is 6.42 Å². The molecule has 4 nitrogen and oxygen atoms in total. The molecule has 1 rings (SSSR count). The van der Waals surface area contributed by atoms with Gasteiger partial charge in [0, 0.05) is 0 Å². The molecule has 0 fully saturated rings. The Hall–Kier alpha value is -1.13. The summed E-state index contributed by atoms with van der Waals surface area (Å²) in [6.07, 6.45) is 9.50. The van der Waals surface area contributed by atoms with E-state index < -0.39 is 18.6 Å². The SMILES string of the molecule is C1=CCC=C1.N[C@@H](CO)C(=O)O. The van der Waals surface area contributed by atoms with Gasteiger partial charge in [-0.05, 0) is 6.42 Å². The van der Waals surface area contributed by atoms with Crippen molar-refractivity contribution in [1.82, 2.24) is 0 Å². The molecule has 0 amide bonds. The largest absolute Gasteiger partial charge is 0.480 e. The number of rotatable bonds is 2. The quantitative estimate of drug-likeness (QED) is 0.541. The average molecular weight is 171 g/mol. The number of aliphatic hydroxyl groups is 1. The second-order valence-corrected chi connectivity index (χ2v) is 2.22. The number of carbonyl (C=O) groups is 1. The summed E-state index contributed by atoms with van der Waals surface area (Å²) in [5, 5.41) is 15.9. The minimum atomic E-state index is -1.18. The van der Waals surface area contributed by atoms with Crippen molar-refractivity contribution >= 4 is 5.97 Å². The molecule has 0 saturated carbocycles. The molecule has 1 aliphatic rings. The lowest BCUT2D eigenvalue weighted by atomic mass is 10.3. The van der Waals surface area contributed by atoms with Crippen LogP contribution in [0.4, 0.5) is 0 Å². The molecule has 0 aromatic carbocycles. The Bertz CT molecular complexity index is 177. The predicted octanol–water partition coefficient (Wildman–Crippen LogP) is -0.107. The fraction of sp³-hybridized carbons (Fsp3) is 0.375. The van der Waals surface area contributed by atoms with Gasteiger partial charge in [0.25, 0.3) is 0 Å². The smallest absolute Gasteiger partial charge is 0.322 e. The third-order valence-corrected chi connectivity index (χ3v) is 1.17. The lowest BCUT2D eigenvalue weighted by Crippen LogP contribution is -2.33. The summed E-state index contributed by atoms with van der Waals surface area (Å²) < 4.78 is 0. The highest BCUT2D eigenvalue weighted by Gasteiger charge is 2.06. The van der Waals surface area contributed by atoms with Gasteiger partial charge >= 0.3 is 5.97 Å². The summed E-state index contributed by atoms with van der Waals surface area (Å²) in [5.41, 5.74) is 4.77. The van der Waals surface area contributed by atoms with Gasteiger partial charge in [-0.15, -0.1) is 0 Å². The highest BCUT2D eigenvalue weighted by molar-refractivity contribution is 5.73. The Labute approximate surface area is 71.0 Å². The fourth-order valence-corrected chi connectivity index (χ4v) is 0.471. The maximum Gasteiger partial charge on any atom is 0.322 e. The molecule has 0 radical (unpaired) electrons. The van der Waals surface area contributed by atoms with E-state index in [4.69, 9.17) is 15.9 Å². The zero-order valence-electron chi connectivity index (χ0n) is 6.68. The summed E-state index contributed by atoms with van der Waals surface area (Å²) in [5.74, 6) is -1.18. The van der Waals surface area contributed by atoms with Gasteiger partial charge in [-0.1, -0.05) is 24.3 Å². The van der Waals surface area contributed by atoms with Crippen molar-refractivity contribution in [3.8, 4) is 0 Å². The van der Waals surface area contributed by atoms with Crippen molar-refractivity contribution in [1.29, 1.82) is 0 Å². The van der Waals surface area contributed by atoms with Crippen LogP contribution in [0.3, 0.4) is 0 Å². The van der Waals surface area contributed by atoms with Crippen LogP contribution in [0.2, 0.25) is 0 Å². The van der Waals surface area contributed by atoms with Gasteiger partial charge in [-0.3, -0.25) is 4.79 Å². The minimum absolute atomic E-state index is 0.505. The number of aliphatic hydroxyl groups excluding tert-OH is 1. The summed E-state index contributed by atoms with van der Waals surface area (Å²) >= 11 is 0. The van der Waals surface area contributed by atoms with Crippen LogP contribution in [-0.2, 0) is 4.79 Å². The van der Waals surface area contributed by atoms with Crippen molar-refractivity contribution in [3.63, 3.8) is 0 Å². The number of hydrogen-bond donors (Lipinski definition) is 3. The van der Waals surface area contributed by atoms with E-state index in [1.165, 1.54) is 0 Å². The number of aliphatic carboxylic acids is 1. The van der Waals surface area contributed by atoms with Crippen molar-refractivity contribution in [2.45, 2.75) is 12.5 Å². The topological polar surface area (TPSA) is 83.5 Å². The van der Waals surface area contributed by atoms with Crippen molar-refractivity contribution < 1.29 is 15.0 Å². The maximum absolute atomic E-state index is 9.65. The van der Waals surface area contributed by atoms with Crippen LogP contribution in [-0.4, -0.2) is 28.8 Å². The zero-order chi connectivity index (χ0) is 9.40. The van der Waals surface area contributed by atoms with E-state index >= 15 is 0 Å². The van der Waals surface area contributed by atoms with E-state index in [2.05, 4.69) is 24.3 Å². The van der Waals surface area contributed by atoms with E-state index in [0.717, 1.165) is 6.42 Å². The number of carboxylic acids is 1. The van der Waals surface area contributed by atoms with E-state index in [1.807, 2.05) is 0 Å². The molecule has 0 spiro atoms. The first kappa shape index (κ1) is 10.9. The van der Waals surface area contributed by atoms with E-state index in [1.54, 1.807) is 0 Å². The normalized spacial score (nSPS) is 15.2. The molecule has 68 valence electrons. The summed E-state index contributed by atoms with van der Waals surface area (Å²) in [7, 11) is 0. The molecule has 0 aliphatic heterocycles. The molecule has 4 heteroatoms. The number of hydrogen-bond acceptors (Lipinski definition) is 3. The Morgan fingerprint density at radius 3 is 2.08 bits per heavy atom. The van der Waals surface area contributed by atoms with Crippen molar-refractivity contribution in [2.24, 2.45) is 5.73 Å². The Morgan fingerprint density at radius 1 is 1.50 bits per heavy atom. The fourth-order valence-electron chi connectivity index (χ4n) is 0.471. The standard InChI is InChI=1S/C5H6.C3H7NO3/c1-2-4-5-3-1;4-2(1-5)3(6)7/h1-4H,5H2;2,5H,1,4H2,(H,6,7)/t;2-/m.0/s1. The molecular formula is C8H13NO3. The van der Waals surface area contributed by atoms with Gasteiger partial charge in [0.15, 0.2) is 0 Å². The third kappa shape index (κ3) is 5.64. The van der Waals surface area contributed by atoms with Gasteiger partial charge in [0.05, 0.1) is 6.61 Å². The van der Waals surface area contributed by atoms with Gasteiger partial charge in [-0.2, -0.15) is 0 Å². The summed E-state index contributed by atoms with van der Waals surface area (Å²) in [4.78, 5) is 9.65. The van der Waals surface area contributed by atoms with Crippen LogP contribution >= 0.6 is 0 Å². The molecule has 0 saturated heterocycles. The highest BCUT2D eigenvalue weighted by atomic mass is 16.4. The number of allylic oxidation sites excluding steroid dienone is 4. The molecule has 0 aromatic heterocycles. The van der Waals surface area contributed by atoms with E-state index in [-0.39, 0.29) is 0 Å². The van der Waals surface area contributed by atoms with Crippen LogP contribution in [0.5, 0.6) is 0 Å². The van der Waals surface area contributed by atoms with Crippen molar-refractivity contribution in [3.05, 3.63) is 24.3 Å². The Balaban J connectivity index is 0.000000211. The predicted molar refractivity (Wildman–Crippen MR) is 45.6 cm³/mol. The molecule has 0 heterocycles. The average Bonchev–Trinajstić information content (AvgIpc) is 2.59. The summed E-state index contributed by atoms with van der Waals surface area (Å²) in [6.45, 7) is -0.505. The van der Waals surface area contributed by atoms with Crippen LogP contribution in [0, 0.1) is 0 Å². The zero-order valence-corrected chi connectivity index (χ0v) is 6.68. The van der Waals surface area contributed by atoms with Gasteiger partial charge < -0.3 is 15.9 Å². The summed E-state index contributed by atoms with van der Waals surface area (Å²) in [6, 6.07) is -1.13. The molecule has 1 atom stereocenters. The molecular weight excluding hydrogens is 158 g/mol. The third-order valence-electron chi connectivity index (χ3n) is 1.17. The number of nitrogens with two attached hydrogens (primary N) is 1. The molecule has 0 bridgehead atoms. The second-order valence-electron chi connectivity index (χ2n) is 2.22. The van der Waals surface area contributed by atoms with Gasteiger partial charge in [-0.25, -0.2) is 0 Å². The monoisotopic (exact) mass is 171 g/mol. The van der Waals surface area contributed by atoms with E-state index in [9.17, 15) is 4.79 Å². The highest BCUT2D eigenvalue weighted by Crippen LogP contribution is 1.93. The lowest BCUT2D eigenvalue weighted by Gasteiger charge is -1.96. The van der Waals surface area contributed by atoms with E-state index in [0.29, 0.717) is 0 Å².